The van der Waals surface area contributed by atoms with Crippen molar-refractivity contribution in [3.05, 3.63) is 48.1 Å². The molecule has 0 atom stereocenters. The number of hydrogen-bond acceptors (Lipinski definition) is 3. The molecule has 1 rings (SSSR count). The van der Waals surface area contributed by atoms with Gasteiger partial charge in [0.15, 0.2) is 6.26 Å². The Morgan fingerprint density at radius 1 is 0.885 bits per heavy atom. The Hall–Kier alpha value is -1.42. The van der Waals surface area contributed by atoms with Gasteiger partial charge in [0, 0.05) is 0 Å². The summed E-state index contributed by atoms with van der Waals surface area (Å²) < 4.78 is 17.9. The molecule has 0 N–H and O–H groups in total. The van der Waals surface area contributed by atoms with Gasteiger partial charge in [-0.1, -0.05) is 89.6 Å². The first-order valence-electron chi connectivity index (χ1n) is 10.3. The lowest BCUT2D eigenvalue weighted by Crippen LogP contribution is -2.38. The molecule has 0 fully saturated rings. The second-order valence-electron chi connectivity index (χ2n) is 7.03. The van der Waals surface area contributed by atoms with Crippen LogP contribution in [0.2, 0.25) is 18.1 Å². The van der Waals surface area contributed by atoms with Gasteiger partial charge >= 0.3 is 5.95 Å². The number of ether oxygens (including phenoxy) is 2. The lowest BCUT2D eigenvalue weighted by atomic mass is 10.2. The van der Waals surface area contributed by atoms with E-state index < -0.39 is 8.32 Å². The molecule has 0 radical (unpaired) electrons. The van der Waals surface area contributed by atoms with E-state index in [1.165, 1.54) is 56.7 Å². The van der Waals surface area contributed by atoms with E-state index in [-0.39, 0.29) is 0 Å². The van der Waals surface area contributed by atoms with Crippen molar-refractivity contribution in [2.24, 2.45) is 0 Å². The molecule has 0 amide bonds. The molecular weight excluding hydrogens is 340 g/mol. The molecule has 0 saturated heterocycles. The minimum atomic E-state index is -1.85. The fourth-order valence-electron chi connectivity index (χ4n) is 3.13. The minimum Gasteiger partial charge on any atom is -0.517 e. The summed E-state index contributed by atoms with van der Waals surface area (Å²) in [4.78, 5) is 0. The fourth-order valence-corrected chi connectivity index (χ4v) is 7.74. The van der Waals surface area contributed by atoms with Gasteiger partial charge in [-0.3, -0.25) is 0 Å². The zero-order valence-electron chi connectivity index (χ0n) is 17.3. The summed E-state index contributed by atoms with van der Waals surface area (Å²) in [6.07, 6.45) is 9.02. The van der Waals surface area contributed by atoms with Gasteiger partial charge in [0.1, 0.15) is 6.61 Å². The highest BCUT2D eigenvalue weighted by atomic mass is 28.4. The van der Waals surface area contributed by atoms with Crippen molar-refractivity contribution in [2.75, 3.05) is 7.11 Å². The van der Waals surface area contributed by atoms with Crippen LogP contribution < -0.4 is 0 Å². The Kier molecular flexibility index (Phi) is 12.0. The summed E-state index contributed by atoms with van der Waals surface area (Å²) in [5.41, 5.74) is 1.14. The minimum absolute atomic E-state index is 0.532. The smallest absolute Gasteiger partial charge is 0.301 e. The highest BCUT2D eigenvalue weighted by Crippen LogP contribution is 2.31. The van der Waals surface area contributed by atoms with Crippen molar-refractivity contribution in [2.45, 2.75) is 84.0 Å². The van der Waals surface area contributed by atoms with Crippen LogP contribution in [0.25, 0.3) is 0 Å². The summed E-state index contributed by atoms with van der Waals surface area (Å²) in [5.74, 6) is 0.552. The predicted octanol–water partition coefficient (Wildman–Crippen LogP) is 7.01. The van der Waals surface area contributed by atoms with Crippen LogP contribution in [0.3, 0.4) is 0 Å². The first kappa shape index (κ1) is 22.6. The van der Waals surface area contributed by atoms with Crippen LogP contribution >= 0.6 is 0 Å². The van der Waals surface area contributed by atoms with Gasteiger partial charge in [-0.15, -0.1) is 0 Å². The molecule has 0 aliphatic carbocycles. The van der Waals surface area contributed by atoms with Crippen LogP contribution in [0.5, 0.6) is 0 Å². The third-order valence-corrected chi connectivity index (χ3v) is 9.18. The zero-order valence-corrected chi connectivity index (χ0v) is 18.3. The summed E-state index contributed by atoms with van der Waals surface area (Å²) in [6, 6.07) is 13.8. The van der Waals surface area contributed by atoms with E-state index in [0.29, 0.717) is 12.6 Å². The van der Waals surface area contributed by atoms with Crippen LogP contribution in [0.15, 0.2) is 42.5 Å². The Labute approximate surface area is 161 Å². The van der Waals surface area contributed by atoms with Crippen LogP contribution in [-0.2, 0) is 20.5 Å². The number of benzene rings is 1. The Balaban J connectivity index is 2.78. The van der Waals surface area contributed by atoms with Gasteiger partial charge in [-0.05, 0) is 23.7 Å². The molecule has 0 aromatic heterocycles. The molecule has 0 aliphatic heterocycles. The van der Waals surface area contributed by atoms with Crippen molar-refractivity contribution in [3.8, 4) is 0 Å². The van der Waals surface area contributed by atoms with E-state index in [1.54, 1.807) is 13.4 Å². The van der Waals surface area contributed by atoms with Crippen LogP contribution in [0.1, 0.15) is 64.9 Å². The summed E-state index contributed by atoms with van der Waals surface area (Å²) in [7, 11) is -0.168. The average molecular weight is 379 g/mol. The molecule has 0 heterocycles. The molecule has 0 saturated carbocycles. The maximum absolute atomic E-state index is 6.58. The normalized spacial score (nSPS) is 12.1. The molecule has 26 heavy (non-hydrogen) atoms. The van der Waals surface area contributed by atoms with Gasteiger partial charge in [-0.2, -0.15) is 0 Å². The lowest BCUT2D eigenvalue weighted by molar-refractivity contribution is 0.110. The quantitative estimate of drug-likeness (QED) is 0.243. The summed E-state index contributed by atoms with van der Waals surface area (Å²) >= 11 is 0. The number of hydrogen-bond donors (Lipinski definition) is 0. The summed E-state index contributed by atoms with van der Waals surface area (Å²) in [5, 5.41) is 0. The molecule has 1 aromatic carbocycles. The SMILES string of the molecule is CCCC[Si](CCCC)(CCCC)O/C(=C\OCc1ccccc1)OC. The standard InChI is InChI=1S/C22H38O3Si/c1-5-8-16-26(17-9-6-2,18-10-7-3)25-22(23-4)20-24-19-21-14-12-11-13-15-21/h11-15,20H,5-10,16-19H2,1-4H3/b22-20-. The zero-order chi connectivity index (χ0) is 19.1. The van der Waals surface area contributed by atoms with Crippen LogP contribution in [-0.4, -0.2) is 15.4 Å². The average Bonchev–Trinajstić information content (AvgIpc) is 2.69. The van der Waals surface area contributed by atoms with Gasteiger partial charge in [-0.25, -0.2) is 0 Å². The van der Waals surface area contributed by atoms with E-state index >= 15 is 0 Å². The second kappa shape index (κ2) is 13.7. The highest BCUT2D eigenvalue weighted by Gasteiger charge is 2.36. The highest BCUT2D eigenvalue weighted by molar-refractivity contribution is 6.74. The Morgan fingerprint density at radius 3 is 1.88 bits per heavy atom. The maximum atomic E-state index is 6.58. The first-order valence-corrected chi connectivity index (χ1v) is 12.8. The predicted molar refractivity (Wildman–Crippen MR) is 112 cm³/mol. The van der Waals surface area contributed by atoms with E-state index in [2.05, 4.69) is 32.9 Å². The number of unbranched alkanes of at least 4 members (excludes halogenated alkanes) is 3. The molecule has 1 aromatic rings. The van der Waals surface area contributed by atoms with E-state index in [1.807, 2.05) is 18.2 Å². The van der Waals surface area contributed by atoms with Crippen LogP contribution in [0, 0.1) is 0 Å². The molecule has 0 spiro atoms. The van der Waals surface area contributed by atoms with Crippen molar-refractivity contribution in [1.29, 1.82) is 0 Å². The molecule has 0 bridgehead atoms. The van der Waals surface area contributed by atoms with Crippen molar-refractivity contribution < 1.29 is 13.9 Å². The monoisotopic (exact) mass is 378 g/mol. The second-order valence-corrected chi connectivity index (χ2v) is 11.1. The van der Waals surface area contributed by atoms with Crippen molar-refractivity contribution in [3.63, 3.8) is 0 Å². The summed E-state index contributed by atoms with van der Waals surface area (Å²) in [6.45, 7) is 7.31. The molecular formula is C22H38O3Si. The van der Waals surface area contributed by atoms with Gasteiger partial charge in [0.05, 0.1) is 7.11 Å². The van der Waals surface area contributed by atoms with Gasteiger partial charge in [0.2, 0.25) is 0 Å². The fraction of sp³-hybridized carbons (Fsp3) is 0.636. The van der Waals surface area contributed by atoms with Gasteiger partial charge in [0.25, 0.3) is 8.32 Å². The van der Waals surface area contributed by atoms with Gasteiger partial charge < -0.3 is 13.9 Å². The van der Waals surface area contributed by atoms with E-state index in [4.69, 9.17) is 13.9 Å². The lowest BCUT2D eigenvalue weighted by Gasteiger charge is -2.32. The number of rotatable bonds is 15. The largest absolute Gasteiger partial charge is 0.517 e. The first-order chi connectivity index (χ1) is 12.7. The Bertz CT molecular complexity index is 466. The molecule has 4 heteroatoms. The molecule has 148 valence electrons. The molecule has 0 aliphatic rings. The topological polar surface area (TPSA) is 27.7 Å². The van der Waals surface area contributed by atoms with Crippen molar-refractivity contribution in [1.82, 2.24) is 0 Å². The molecule has 0 unspecified atom stereocenters. The van der Waals surface area contributed by atoms with Crippen molar-refractivity contribution >= 4 is 8.32 Å². The third-order valence-electron chi connectivity index (χ3n) is 4.75. The molecule has 3 nitrogen and oxygen atoms in total. The maximum Gasteiger partial charge on any atom is 0.301 e. The Morgan fingerprint density at radius 2 is 1.42 bits per heavy atom. The third kappa shape index (κ3) is 8.79. The number of methoxy groups -OCH3 is 1. The van der Waals surface area contributed by atoms with Crippen LogP contribution in [0.4, 0.5) is 0 Å². The van der Waals surface area contributed by atoms with E-state index in [9.17, 15) is 0 Å². The van der Waals surface area contributed by atoms with E-state index in [0.717, 1.165) is 5.56 Å².